The Morgan fingerprint density at radius 3 is 2.96 bits per heavy atom. The average molecular weight is 422 g/mol. The van der Waals surface area contributed by atoms with Gasteiger partial charge in [0.15, 0.2) is 6.61 Å². The molecule has 2 amide bonds. The van der Waals surface area contributed by atoms with Crippen molar-refractivity contribution in [3.63, 3.8) is 0 Å². The third-order valence-corrected chi connectivity index (χ3v) is 7.23. The number of carbonyl (C=O) groups is 2. The minimum atomic E-state index is -4.01. The molecule has 1 aliphatic heterocycles. The van der Waals surface area contributed by atoms with Crippen LogP contribution in [0.3, 0.4) is 0 Å². The fourth-order valence-electron chi connectivity index (χ4n) is 3.28. The molecule has 10 heteroatoms. The topological polar surface area (TPSA) is 114 Å². The number of aryl methyl sites for hydroxylation is 1. The first-order valence-corrected chi connectivity index (χ1v) is 11.1. The molecule has 148 valence electrons. The molecular formula is C18H19N3O5S2. The van der Waals surface area contributed by atoms with Crippen LogP contribution in [0.15, 0.2) is 29.2 Å². The maximum atomic E-state index is 12.5. The normalized spacial score (nSPS) is 18.5. The number of nitrogens with one attached hydrogen (secondary N) is 3. The van der Waals surface area contributed by atoms with Gasteiger partial charge in [-0.1, -0.05) is 6.92 Å². The predicted molar refractivity (Wildman–Crippen MR) is 104 cm³/mol. The Kier molecular flexibility index (Phi) is 4.86. The van der Waals surface area contributed by atoms with Gasteiger partial charge in [0.05, 0.1) is 15.5 Å². The second-order valence-corrected chi connectivity index (χ2v) is 9.78. The zero-order valence-electron chi connectivity index (χ0n) is 15.1. The van der Waals surface area contributed by atoms with Gasteiger partial charge in [0.25, 0.3) is 21.8 Å². The summed E-state index contributed by atoms with van der Waals surface area (Å²) in [5.74, 6) is 0.121. The van der Waals surface area contributed by atoms with Crippen LogP contribution in [0, 0.1) is 5.92 Å². The van der Waals surface area contributed by atoms with Gasteiger partial charge in [-0.3, -0.25) is 15.0 Å². The molecule has 0 spiro atoms. The summed E-state index contributed by atoms with van der Waals surface area (Å²) in [5.41, 5.74) is 3.70. The standard InChI is InChI=1S/C18H19N3O5S2/c1-10-2-5-15-11(6-10)7-16(27-15)18(23)20-21-28(24,25)12-3-4-14-13(8-12)19-17(22)9-26-14/h3-4,7-8,10,21H,2,5-6,9H2,1H3,(H,19,22)(H,20,23). The zero-order chi connectivity index (χ0) is 19.9. The molecule has 2 aliphatic rings. The van der Waals surface area contributed by atoms with E-state index < -0.39 is 15.9 Å². The number of ether oxygens (including phenoxy) is 1. The first-order valence-electron chi connectivity index (χ1n) is 8.82. The monoisotopic (exact) mass is 421 g/mol. The highest BCUT2D eigenvalue weighted by atomic mass is 32.2. The molecule has 4 rings (SSSR count). The van der Waals surface area contributed by atoms with Crippen LogP contribution in [0.25, 0.3) is 0 Å². The molecule has 0 fully saturated rings. The number of hydrazine groups is 1. The summed E-state index contributed by atoms with van der Waals surface area (Å²) < 4.78 is 30.2. The highest BCUT2D eigenvalue weighted by Gasteiger charge is 2.23. The Morgan fingerprint density at radius 1 is 1.32 bits per heavy atom. The van der Waals surface area contributed by atoms with Crippen molar-refractivity contribution in [2.75, 3.05) is 11.9 Å². The molecule has 0 bridgehead atoms. The highest BCUT2D eigenvalue weighted by molar-refractivity contribution is 7.89. The molecule has 2 heterocycles. The van der Waals surface area contributed by atoms with Crippen LogP contribution >= 0.6 is 11.3 Å². The molecule has 1 atom stereocenters. The summed E-state index contributed by atoms with van der Waals surface area (Å²) in [4.78, 5) is 27.5. The SMILES string of the molecule is CC1CCc2sc(C(=O)NNS(=O)(=O)c3ccc4c(c3)NC(=O)CO4)cc2C1. The molecule has 1 aromatic carbocycles. The molecule has 1 aromatic heterocycles. The molecule has 0 radical (unpaired) electrons. The van der Waals surface area contributed by atoms with Gasteiger partial charge in [-0.05, 0) is 55.0 Å². The van der Waals surface area contributed by atoms with Crippen LogP contribution in [0.1, 0.15) is 33.5 Å². The van der Waals surface area contributed by atoms with Gasteiger partial charge in [0.2, 0.25) is 0 Å². The quantitative estimate of drug-likeness (QED) is 0.652. The number of sulfonamides is 1. The Morgan fingerprint density at radius 2 is 2.14 bits per heavy atom. The summed E-state index contributed by atoms with van der Waals surface area (Å²) >= 11 is 1.40. The second kappa shape index (κ2) is 7.19. The van der Waals surface area contributed by atoms with Crippen LogP contribution in [0.4, 0.5) is 5.69 Å². The number of hydrogen-bond donors (Lipinski definition) is 3. The third kappa shape index (κ3) is 3.75. The fraction of sp³-hybridized carbons (Fsp3) is 0.333. The van der Waals surface area contributed by atoms with Crippen LogP contribution in [-0.2, 0) is 27.7 Å². The summed E-state index contributed by atoms with van der Waals surface area (Å²) in [6, 6.07) is 5.92. The predicted octanol–water partition coefficient (Wildman–Crippen LogP) is 1.83. The highest BCUT2D eigenvalue weighted by Crippen LogP contribution is 2.32. The second-order valence-electron chi connectivity index (χ2n) is 6.96. The Labute approximate surface area is 166 Å². The molecule has 1 unspecified atom stereocenters. The van der Waals surface area contributed by atoms with Gasteiger partial charge in [-0.2, -0.15) is 0 Å². The number of carbonyl (C=O) groups excluding carboxylic acids is 2. The van der Waals surface area contributed by atoms with E-state index in [2.05, 4.69) is 22.5 Å². The molecule has 3 N–H and O–H groups in total. The van der Waals surface area contributed by atoms with E-state index in [1.165, 1.54) is 40.0 Å². The van der Waals surface area contributed by atoms with E-state index in [0.717, 1.165) is 19.3 Å². The maximum Gasteiger partial charge on any atom is 0.276 e. The van der Waals surface area contributed by atoms with Crippen LogP contribution < -0.4 is 20.3 Å². The lowest BCUT2D eigenvalue weighted by Crippen LogP contribution is -2.41. The molecule has 1 aliphatic carbocycles. The smallest absolute Gasteiger partial charge is 0.276 e. The fourth-order valence-corrected chi connectivity index (χ4v) is 5.25. The molecule has 28 heavy (non-hydrogen) atoms. The van der Waals surface area contributed by atoms with Crippen molar-refractivity contribution in [3.8, 4) is 5.75 Å². The minimum Gasteiger partial charge on any atom is -0.482 e. The summed E-state index contributed by atoms with van der Waals surface area (Å²) in [6.07, 6.45) is 2.98. The van der Waals surface area contributed by atoms with E-state index in [1.54, 1.807) is 0 Å². The lowest BCUT2D eigenvalue weighted by atomic mass is 9.90. The number of thiophene rings is 1. The summed E-state index contributed by atoms with van der Waals surface area (Å²) in [7, 11) is -4.01. The van der Waals surface area contributed by atoms with E-state index in [0.29, 0.717) is 16.5 Å². The van der Waals surface area contributed by atoms with Gasteiger partial charge < -0.3 is 10.1 Å². The minimum absolute atomic E-state index is 0.100. The number of anilines is 1. The van der Waals surface area contributed by atoms with Crippen LogP contribution in [0.2, 0.25) is 0 Å². The van der Waals surface area contributed by atoms with Gasteiger partial charge in [0.1, 0.15) is 5.75 Å². The van der Waals surface area contributed by atoms with Crippen molar-refractivity contribution in [3.05, 3.63) is 39.6 Å². The van der Waals surface area contributed by atoms with Gasteiger partial charge in [-0.15, -0.1) is 16.2 Å². The van der Waals surface area contributed by atoms with Gasteiger partial charge in [0, 0.05) is 4.88 Å². The summed E-state index contributed by atoms with van der Waals surface area (Å²) in [6.45, 7) is 2.07. The number of fused-ring (bicyclic) bond motifs is 2. The molecule has 8 nitrogen and oxygen atoms in total. The van der Waals surface area contributed by atoms with E-state index in [-0.39, 0.29) is 23.1 Å². The first kappa shape index (κ1) is 18.9. The maximum absolute atomic E-state index is 12.5. The van der Waals surface area contributed by atoms with Crippen molar-refractivity contribution in [2.24, 2.45) is 5.92 Å². The lowest BCUT2D eigenvalue weighted by molar-refractivity contribution is -0.118. The van der Waals surface area contributed by atoms with Crippen molar-refractivity contribution < 1.29 is 22.7 Å². The van der Waals surface area contributed by atoms with E-state index >= 15 is 0 Å². The first-order chi connectivity index (χ1) is 13.3. The zero-order valence-corrected chi connectivity index (χ0v) is 16.7. The number of amides is 2. The van der Waals surface area contributed by atoms with Crippen molar-refractivity contribution in [1.29, 1.82) is 0 Å². The number of rotatable bonds is 4. The molecular weight excluding hydrogens is 402 g/mol. The molecule has 0 saturated carbocycles. The molecule has 0 saturated heterocycles. The molecule has 2 aromatic rings. The Balaban J connectivity index is 1.46. The van der Waals surface area contributed by atoms with Crippen molar-refractivity contribution in [2.45, 2.75) is 31.1 Å². The Bertz CT molecular complexity index is 1060. The lowest BCUT2D eigenvalue weighted by Gasteiger charge is -2.18. The number of hydrogen-bond acceptors (Lipinski definition) is 6. The number of benzene rings is 1. The average Bonchev–Trinajstić information content (AvgIpc) is 3.08. The van der Waals surface area contributed by atoms with Gasteiger partial charge in [-0.25, -0.2) is 8.42 Å². The summed E-state index contributed by atoms with van der Waals surface area (Å²) in [5, 5.41) is 2.55. The van der Waals surface area contributed by atoms with Crippen molar-refractivity contribution in [1.82, 2.24) is 10.3 Å². The Hall–Kier alpha value is -2.43. The third-order valence-electron chi connectivity index (χ3n) is 4.75. The van der Waals surface area contributed by atoms with E-state index in [4.69, 9.17) is 4.74 Å². The van der Waals surface area contributed by atoms with Gasteiger partial charge >= 0.3 is 0 Å². The van der Waals surface area contributed by atoms with E-state index in [1.807, 2.05) is 6.07 Å². The van der Waals surface area contributed by atoms with Crippen LogP contribution in [-0.4, -0.2) is 26.8 Å². The van der Waals surface area contributed by atoms with Crippen LogP contribution in [0.5, 0.6) is 5.75 Å². The van der Waals surface area contributed by atoms with E-state index in [9.17, 15) is 18.0 Å². The largest absolute Gasteiger partial charge is 0.482 e. The van der Waals surface area contributed by atoms with Crippen molar-refractivity contribution >= 4 is 38.9 Å².